The SMILES string of the molecule is COc1cc(/C=C(/C#N)C(=O)Nc2ccc(F)cc2)ccc1O[C@H](C)C(=O)O. The van der Waals surface area contributed by atoms with Crippen molar-refractivity contribution in [1.29, 1.82) is 5.26 Å². The largest absolute Gasteiger partial charge is 0.493 e. The van der Waals surface area contributed by atoms with Crippen LogP contribution in [0.4, 0.5) is 10.1 Å². The van der Waals surface area contributed by atoms with Gasteiger partial charge in [0.2, 0.25) is 0 Å². The van der Waals surface area contributed by atoms with E-state index in [1.807, 2.05) is 0 Å². The molecule has 2 aromatic carbocycles. The van der Waals surface area contributed by atoms with Gasteiger partial charge in [-0.25, -0.2) is 9.18 Å². The summed E-state index contributed by atoms with van der Waals surface area (Å²) in [7, 11) is 1.38. The quantitative estimate of drug-likeness (QED) is 0.560. The first-order valence-electron chi connectivity index (χ1n) is 8.10. The highest BCUT2D eigenvalue weighted by molar-refractivity contribution is 6.09. The Balaban J connectivity index is 2.23. The van der Waals surface area contributed by atoms with Crippen LogP contribution in [0, 0.1) is 17.1 Å². The van der Waals surface area contributed by atoms with Crippen LogP contribution in [0.3, 0.4) is 0 Å². The van der Waals surface area contributed by atoms with Crippen LogP contribution in [0.25, 0.3) is 6.08 Å². The number of hydrogen-bond acceptors (Lipinski definition) is 5. The van der Waals surface area contributed by atoms with Crippen molar-refractivity contribution < 1.29 is 28.6 Å². The van der Waals surface area contributed by atoms with Gasteiger partial charge in [0.05, 0.1) is 7.11 Å². The molecule has 0 unspecified atom stereocenters. The number of nitrogens with one attached hydrogen (secondary N) is 1. The average molecular weight is 384 g/mol. The van der Waals surface area contributed by atoms with E-state index in [1.165, 1.54) is 56.5 Å². The molecule has 1 amide bonds. The minimum absolute atomic E-state index is 0.182. The van der Waals surface area contributed by atoms with Crippen molar-refractivity contribution in [1.82, 2.24) is 0 Å². The van der Waals surface area contributed by atoms with Crippen molar-refractivity contribution >= 4 is 23.6 Å². The van der Waals surface area contributed by atoms with E-state index in [1.54, 1.807) is 12.1 Å². The molecule has 2 aromatic rings. The number of benzene rings is 2. The van der Waals surface area contributed by atoms with E-state index < -0.39 is 23.8 Å². The number of carbonyl (C=O) groups is 2. The lowest BCUT2D eigenvalue weighted by molar-refractivity contribution is -0.144. The molecule has 0 aliphatic carbocycles. The van der Waals surface area contributed by atoms with Crippen LogP contribution in [-0.2, 0) is 9.59 Å². The molecule has 0 aliphatic rings. The Morgan fingerprint density at radius 3 is 2.46 bits per heavy atom. The first-order chi connectivity index (χ1) is 13.3. The van der Waals surface area contributed by atoms with Crippen molar-refractivity contribution in [2.75, 3.05) is 12.4 Å². The molecule has 28 heavy (non-hydrogen) atoms. The number of amides is 1. The summed E-state index contributed by atoms with van der Waals surface area (Å²) in [5, 5.41) is 20.7. The third-order valence-electron chi connectivity index (χ3n) is 3.62. The molecule has 0 fully saturated rings. The molecule has 0 saturated heterocycles. The summed E-state index contributed by atoms with van der Waals surface area (Å²) < 4.78 is 23.4. The van der Waals surface area contributed by atoms with Crippen LogP contribution < -0.4 is 14.8 Å². The molecule has 0 aromatic heterocycles. The number of hydrogen-bond donors (Lipinski definition) is 2. The Labute approximate surface area is 160 Å². The van der Waals surface area contributed by atoms with Crippen LogP contribution in [0.5, 0.6) is 11.5 Å². The molecule has 0 saturated carbocycles. The standard InChI is InChI=1S/C20H17FN2O5/c1-12(20(25)26)28-17-8-3-13(10-18(17)27-2)9-14(11-22)19(24)23-16-6-4-15(21)5-7-16/h3-10,12H,1-2H3,(H,23,24)(H,25,26)/b14-9-/t12-/m1/s1. The van der Waals surface area contributed by atoms with Crippen LogP contribution in [0.2, 0.25) is 0 Å². The Morgan fingerprint density at radius 1 is 1.21 bits per heavy atom. The third-order valence-corrected chi connectivity index (χ3v) is 3.62. The van der Waals surface area contributed by atoms with Crippen LogP contribution >= 0.6 is 0 Å². The lowest BCUT2D eigenvalue weighted by Gasteiger charge is -2.14. The highest BCUT2D eigenvalue weighted by atomic mass is 19.1. The van der Waals surface area contributed by atoms with E-state index in [-0.39, 0.29) is 17.1 Å². The maximum Gasteiger partial charge on any atom is 0.344 e. The zero-order chi connectivity index (χ0) is 20.7. The highest BCUT2D eigenvalue weighted by Crippen LogP contribution is 2.30. The number of carboxylic acids is 1. The number of aliphatic carboxylic acids is 1. The zero-order valence-electron chi connectivity index (χ0n) is 15.1. The predicted octanol–water partition coefficient (Wildman–Crippen LogP) is 3.23. The molecule has 144 valence electrons. The van der Waals surface area contributed by atoms with E-state index in [0.29, 0.717) is 11.3 Å². The number of carbonyl (C=O) groups excluding carboxylic acids is 1. The molecular weight excluding hydrogens is 367 g/mol. The minimum Gasteiger partial charge on any atom is -0.493 e. The van der Waals surface area contributed by atoms with Crippen LogP contribution in [0.15, 0.2) is 48.0 Å². The van der Waals surface area contributed by atoms with Gasteiger partial charge in [0, 0.05) is 5.69 Å². The Kier molecular flexibility index (Phi) is 6.71. The molecule has 0 radical (unpaired) electrons. The van der Waals surface area contributed by atoms with E-state index in [4.69, 9.17) is 14.6 Å². The summed E-state index contributed by atoms with van der Waals surface area (Å²) in [6, 6.07) is 11.5. The Morgan fingerprint density at radius 2 is 1.89 bits per heavy atom. The van der Waals surface area contributed by atoms with Gasteiger partial charge in [-0.05, 0) is 55.0 Å². The summed E-state index contributed by atoms with van der Waals surface area (Å²) >= 11 is 0. The van der Waals surface area contributed by atoms with Gasteiger partial charge in [-0.2, -0.15) is 5.26 Å². The van der Waals surface area contributed by atoms with Crippen molar-refractivity contribution in [3.05, 3.63) is 59.4 Å². The average Bonchev–Trinajstić information content (AvgIpc) is 2.68. The molecule has 1 atom stereocenters. The van der Waals surface area contributed by atoms with Crippen molar-refractivity contribution in [2.45, 2.75) is 13.0 Å². The molecule has 8 heteroatoms. The first-order valence-corrected chi connectivity index (χ1v) is 8.10. The fourth-order valence-electron chi connectivity index (χ4n) is 2.16. The molecule has 2 N–H and O–H groups in total. The van der Waals surface area contributed by atoms with Gasteiger partial charge >= 0.3 is 5.97 Å². The zero-order valence-corrected chi connectivity index (χ0v) is 15.1. The molecule has 2 rings (SSSR count). The van der Waals surface area contributed by atoms with Gasteiger partial charge in [-0.1, -0.05) is 6.07 Å². The molecule has 0 bridgehead atoms. The third kappa shape index (κ3) is 5.32. The number of halogens is 1. The van der Waals surface area contributed by atoms with Gasteiger partial charge in [0.15, 0.2) is 17.6 Å². The summed E-state index contributed by atoms with van der Waals surface area (Å²) in [5.74, 6) is -1.77. The summed E-state index contributed by atoms with van der Waals surface area (Å²) in [6.45, 7) is 1.38. The lowest BCUT2D eigenvalue weighted by atomic mass is 10.1. The van der Waals surface area contributed by atoms with Crippen LogP contribution in [-0.4, -0.2) is 30.2 Å². The maximum absolute atomic E-state index is 12.9. The molecule has 0 aliphatic heterocycles. The second-order valence-corrected chi connectivity index (χ2v) is 5.64. The summed E-state index contributed by atoms with van der Waals surface area (Å²) in [5.41, 5.74) is 0.633. The van der Waals surface area contributed by atoms with E-state index >= 15 is 0 Å². The number of ether oxygens (including phenoxy) is 2. The van der Waals surface area contributed by atoms with Gasteiger partial charge < -0.3 is 19.9 Å². The van der Waals surface area contributed by atoms with Gasteiger partial charge in [0.1, 0.15) is 17.5 Å². The van der Waals surface area contributed by atoms with Crippen molar-refractivity contribution in [2.24, 2.45) is 0 Å². The normalized spacial score (nSPS) is 11.9. The van der Waals surface area contributed by atoms with E-state index in [9.17, 15) is 19.2 Å². The van der Waals surface area contributed by atoms with Crippen molar-refractivity contribution in [3.8, 4) is 17.6 Å². The Hall–Kier alpha value is -3.86. The number of carboxylic acid groups (broad SMARTS) is 1. The fraction of sp³-hybridized carbons (Fsp3) is 0.150. The smallest absolute Gasteiger partial charge is 0.344 e. The number of nitrogens with zero attached hydrogens (tertiary/aromatic N) is 1. The molecular formula is C20H17FN2O5. The monoisotopic (exact) mass is 384 g/mol. The molecule has 7 nitrogen and oxygen atoms in total. The van der Waals surface area contributed by atoms with Gasteiger partial charge in [-0.3, -0.25) is 4.79 Å². The summed E-state index contributed by atoms with van der Waals surface area (Å²) in [4.78, 5) is 23.2. The fourth-order valence-corrected chi connectivity index (χ4v) is 2.16. The van der Waals surface area contributed by atoms with E-state index in [0.717, 1.165) is 0 Å². The molecule has 0 heterocycles. The second kappa shape index (κ2) is 9.19. The van der Waals surface area contributed by atoms with Gasteiger partial charge in [0.25, 0.3) is 5.91 Å². The number of nitriles is 1. The minimum atomic E-state index is -1.13. The predicted molar refractivity (Wildman–Crippen MR) is 99.3 cm³/mol. The number of anilines is 1. The number of rotatable bonds is 7. The highest BCUT2D eigenvalue weighted by Gasteiger charge is 2.16. The van der Waals surface area contributed by atoms with E-state index in [2.05, 4.69) is 5.32 Å². The van der Waals surface area contributed by atoms with Crippen molar-refractivity contribution in [3.63, 3.8) is 0 Å². The maximum atomic E-state index is 12.9. The second-order valence-electron chi connectivity index (χ2n) is 5.64. The number of methoxy groups -OCH3 is 1. The van der Waals surface area contributed by atoms with Crippen LogP contribution in [0.1, 0.15) is 12.5 Å². The lowest BCUT2D eigenvalue weighted by Crippen LogP contribution is -2.23. The summed E-state index contributed by atoms with van der Waals surface area (Å²) in [6.07, 6.45) is 0.262. The Bertz CT molecular complexity index is 948. The first kappa shape index (κ1) is 20.5. The molecule has 0 spiro atoms. The topological polar surface area (TPSA) is 109 Å². The van der Waals surface area contributed by atoms with Gasteiger partial charge in [-0.15, -0.1) is 0 Å².